The highest BCUT2D eigenvalue weighted by atomic mass is 16.8. The van der Waals surface area contributed by atoms with Crippen LogP contribution in [0.5, 0.6) is 0 Å². The number of likely N-dealkylation sites (tertiary alicyclic amines) is 1. The van der Waals surface area contributed by atoms with Crippen molar-refractivity contribution in [2.75, 3.05) is 53.4 Å². The molecule has 2 saturated heterocycles. The second-order valence-corrected chi connectivity index (χ2v) is 10.7. The van der Waals surface area contributed by atoms with Crippen LogP contribution >= 0.6 is 0 Å². The van der Waals surface area contributed by atoms with Gasteiger partial charge in [-0.05, 0) is 19.4 Å². The predicted octanol–water partition coefficient (Wildman–Crippen LogP) is -3.84. The first kappa shape index (κ1) is 36.0. The third-order valence-electron chi connectivity index (χ3n) is 7.79. The number of aliphatic carboxylic acids is 1. The Morgan fingerprint density at radius 2 is 1.93 bits per heavy atom. The highest BCUT2D eigenvalue weighted by Crippen LogP contribution is 2.41. The molecule has 17 nitrogen and oxygen atoms in total. The summed E-state index contributed by atoms with van der Waals surface area (Å²) in [5, 5.41) is 84.2. The van der Waals surface area contributed by atoms with Crippen molar-refractivity contribution in [3.63, 3.8) is 0 Å². The zero-order valence-corrected chi connectivity index (χ0v) is 24.2. The molecule has 250 valence electrons. The number of aliphatic hydroxyl groups excluding tert-OH is 4. The Hall–Kier alpha value is -2.52. The summed E-state index contributed by atoms with van der Waals surface area (Å²) in [5.41, 5.74) is -2.77. The third kappa shape index (κ3) is 7.82. The van der Waals surface area contributed by atoms with Gasteiger partial charge in [-0.2, -0.15) is 0 Å². The lowest BCUT2D eigenvalue weighted by Gasteiger charge is -2.48. The van der Waals surface area contributed by atoms with Gasteiger partial charge in [0.05, 0.1) is 31.8 Å². The highest BCUT2D eigenvalue weighted by Gasteiger charge is 2.58. The van der Waals surface area contributed by atoms with Crippen molar-refractivity contribution >= 4 is 11.9 Å². The van der Waals surface area contributed by atoms with Crippen LogP contribution in [0.4, 0.5) is 0 Å². The molecule has 0 radical (unpaired) electrons. The number of nitrogens with zero attached hydrogens (tertiary/aromatic N) is 1. The zero-order chi connectivity index (χ0) is 32.7. The lowest BCUT2D eigenvalue weighted by Crippen LogP contribution is -2.69. The first-order valence-electron chi connectivity index (χ1n) is 13.9. The van der Waals surface area contributed by atoms with Gasteiger partial charge in [0.1, 0.15) is 29.6 Å². The molecule has 9 atom stereocenters. The number of hydrogen-bond acceptors (Lipinski definition) is 16. The largest absolute Gasteiger partial charge is 0.481 e. The minimum Gasteiger partial charge on any atom is -0.481 e. The number of hydrogen-bond donors (Lipinski definition) is 9. The van der Waals surface area contributed by atoms with Crippen LogP contribution in [0.15, 0.2) is 36.6 Å². The number of ether oxygens (including phenoxy) is 5. The number of aliphatic hydroxyl groups is 7. The number of carboxylic acid groups (broad SMARTS) is 1. The number of esters is 1. The molecule has 3 heterocycles. The van der Waals surface area contributed by atoms with Crippen molar-refractivity contribution in [2.24, 2.45) is 17.8 Å². The van der Waals surface area contributed by atoms with E-state index in [1.807, 2.05) is 0 Å². The van der Waals surface area contributed by atoms with E-state index in [2.05, 4.69) is 16.6 Å². The Morgan fingerprint density at radius 1 is 1.20 bits per heavy atom. The summed E-state index contributed by atoms with van der Waals surface area (Å²) >= 11 is 0. The molecule has 3 aliphatic rings. The molecular formula is C27H42N2O15. The molecule has 3 aliphatic heterocycles. The highest BCUT2D eigenvalue weighted by molar-refractivity contribution is 5.91. The number of piperidine rings is 1. The Kier molecular flexibility index (Phi) is 12.8. The standard InChI is InChI=1S/C27H42N2O15/c1-3-17-24(44-25-21(41-13-28-2)27(38,39)20(33)19(11-31)43-25)40-12-18(23(36)42-14-32)26(17,37)5-4-15-8-16(22(34)35)10-29(9-15)6-7-30/h3-5,12,15-17,19-21,24-25,28,30-33,37-39H,1,6-11,13-14H2,2H3,(H,34,35). The molecule has 0 aromatic rings. The molecule has 9 unspecified atom stereocenters. The van der Waals surface area contributed by atoms with Gasteiger partial charge in [-0.25, -0.2) is 4.79 Å². The Labute approximate surface area is 253 Å². The predicted molar refractivity (Wildman–Crippen MR) is 145 cm³/mol. The fourth-order valence-corrected chi connectivity index (χ4v) is 5.53. The maximum absolute atomic E-state index is 12.8. The van der Waals surface area contributed by atoms with Crippen LogP contribution in [-0.4, -0.2) is 153 Å². The molecule has 17 heteroatoms. The monoisotopic (exact) mass is 634 g/mol. The fraction of sp³-hybridized carbons (Fsp3) is 0.704. The topological polar surface area (TPSA) is 257 Å². The molecule has 44 heavy (non-hydrogen) atoms. The van der Waals surface area contributed by atoms with Crippen LogP contribution in [0.25, 0.3) is 0 Å². The van der Waals surface area contributed by atoms with E-state index in [1.54, 1.807) is 4.90 Å². The number of carboxylic acids is 1. The van der Waals surface area contributed by atoms with Crippen molar-refractivity contribution in [2.45, 2.75) is 48.7 Å². The number of carbonyl (C=O) groups is 2. The number of rotatable bonds is 14. The lowest BCUT2D eigenvalue weighted by atomic mass is 9.77. The average Bonchev–Trinajstić information content (AvgIpc) is 2.98. The van der Waals surface area contributed by atoms with Gasteiger partial charge in [0, 0.05) is 19.6 Å². The molecule has 9 N–H and O–H groups in total. The van der Waals surface area contributed by atoms with E-state index < -0.39 is 90.9 Å². The van der Waals surface area contributed by atoms with E-state index in [1.165, 1.54) is 25.3 Å². The minimum absolute atomic E-state index is 0.194. The molecule has 0 aliphatic carbocycles. The Bertz CT molecular complexity index is 1050. The van der Waals surface area contributed by atoms with Gasteiger partial charge in [-0.1, -0.05) is 18.2 Å². The minimum atomic E-state index is -2.98. The summed E-state index contributed by atoms with van der Waals surface area (Å²) in [7, 11) is 1.50. The molecule has 0 spiro atoms. The number of carbonyl (C=O) groups excluding carboxylic acids is 1. The van der Waals surface area contributed by atoms with E-state index in [9.17, 15) is 50.4 Å². The summed E-state index contributed by atoms with van der Waals surface area (Å²) < 4.78 is 27.1. The summed E-state index contributed by atoms with van der Waals surface area (Å²) in [4.78, 5) is 26.3. The van der Waals surface area contributed by atoms with E-state index in [0.29, 0.717) is 6.54 Å². The SMILES string of the molecule is C=CC1C(OC2OC(CO)C(O)C(O)(O)C2OCNC)OC=C(C(=O)OCO)C1(O)C=CC1CC(C(=O)O)CN(CCO)C1. The van der Waals surface area contributed by atoms with Crippen LogP contribution in [0, 0.1) is 17.8 Å². The molecular weight excluding hydrogens is 592 g/mol. The quantitative estimate of drug-likeness (QED) is 0.0503. The normalized spacial score (nSPS) is 36.0. The fourth-order valence-electron chi connectivity index (χ4n) is 5.53. The van der Waals surface area contributed by atoms with Crippen LogP contribution in [0.2, 0.25) is 0 Å². The van der Waals surface area contributed by atoms with E-state index in [4.69, 9.17) is 18.9 Å². The van der Waals surface area contributed by atoms with Crippen LogP contribution in [0.1, 0.15) is 6.42 Å². The molecule has 0 aromatic heterocycles. The number of β-amino-alcohol motifs (C(OH)–C–C–N with tert-alkyl or cyclic N) is 1. The molecule has 3 rings (SSSR count). The van der Waals surface area contributed by atoms with Crippen LogP contribution in [-0.2, 0) is 33.3 Å². The average molecular weight is 635 g/mol. The van der Waals surface area contributed by atoms with Crippen molar-refractivity contribution in [1.82, 2.24) is 10.2 Å². The van der Waals surface area contributed by atoms with Crippen LogP contribution in [0.3, 0.4) is 0 Å². The number of nitrogens with one attached hydrogen (secondary N) is 1. The van der Waals surface area contributed by atoms with Gasteiger partial charge in [0.2, 0.25) is 12.1 Å². The van der Waals surface area contributed by atoms with Crippen molar-refractivity contribution in [3.05, 3.63) is 36.6 Å². The van der Waals surface area contributed by atoms with Gasteiger partial charge >= 0.3 is 11.9 Å². The van der Waals surface area contributed by atoms with Gasteiger partial charge in [0.15, 0.2) is 19.2 Å². The van der Waals surface area contributed by atoms with Gasteiger partial charge in [0.25, 0.3) is 0 Å². The lowest BCUT2D eigenvalue weighted by molar-refractivity contribution is -0.412. The van der Waals surface area contributed by atoms with Crippen LogP contribution < -0.4 is 5.32 Å². The summed E-state index contributed by atoms with van der Waals surface area (Å²) in [6.45, 7) is 2.20. The van der Waals surface area contributed by atoms with Crippen molar-refractivity contribution in [1.29, 1.82) is 0 Å². The first-order chi connectivity index (χ1) is 20.9. The van der Waals surface area contributed by atoms with Crippen molar-refractivity contribution < 1.29 is 74.1 Å². The van der Waals surface area contributed by atoms with Crippen molar-refractivity contribution in [3.8, 4) is 0 Å². The Morgan fingerprint density at radius 3 is 2.52 bits per heavy atom. The first-order valence-corrected chi connectivity index (χ1v) is 13.9. The van der Waals surface area contributed by atoms with Gasteiger partial charge in [-0.3, -0.25) is 15.0 Å². The summed E-state index contributed by atoms with van der Waals surface area (Å²) in [6.07, 6.45) is -3.66. The second kappa shape index (κ2) is 15.7. The Balaban J connectivity index is 1.97. The molecule has 0 bridgehead atoms. The van der Waals surface area contributed by atoms with E-state index in [-0.39, 0.29) is 32.8 Å². The van der Waals surface area contributed by atoms with E-state index >= 15 is 0 Å². The molecule has 2 fully saturated rings. The van der Waals surface area contributed by atoms with Gasteiger partial charge < -0.3 is 64.5 Å². The molecule has 0 aromatic carbocycles. The second-order valence-electron chi connectivity index (χ2n) is 10.7. The maximum Gasteiger partial charge on any atom is 0.342 e. The zero-order valence-electron chi connectivity index (χ0n) is 24.2. The maximum atomic E-state index is 12.8. The van der Waals surface area contributed by atoms with Gasteiger partial charge in [-0.15, -0.1) is 6.58 Å². The summed E-state index contributed by atoms with van der Waals surface area (Å²) in [5.74, 6) is -7.72. The third-order valence-corrected chi connectivity index (χ3v) is 7.79. The smallest absolute Gasteiger partial charge is 0.342 e. The van der Waals surface area contributed by atoms with E-state index in [0.717, 1.165) is 6.26 Å². The molecule has 0 saturated carbocycles. The molecule has 0 amide bonds. The summed E-state index contributed by atoms with van der Waals surface area (Å²) in [6, 6.07) is 0.